The number of phenols is 1. The minimum absolute atomic E-state index is 0.117. The van der Waals surface area contributed by atoms with E-state index in [1.807, 2.05) is 0 Å². The summed E-state index contributed by atoms with van der Waals surface area (Å²) >= 11 is 0. The Morgan fingerprint density at radius 3 is 2.20 bits per heavy atom. The number of aliphatic hydroxyl groups excluding tert-OH is 1. The van der Waals surface area contributed by atoms with Crippen molar-refractivity contribution in [3.8, 4) is 5.75 Å². The molecule has 0 saturated heterocycles. The van der Waals surface area contributed by atoms with Crippen molar-refractivity contribution in [1.82, 2.24) is 4.90 Å². The second-order valence-corrected chi connectivity index (χ2v) is 9.84. The first-order chi connectivity index (χ1) is 16.2. The molecule has 8 atom stereocenters. The lowest BCUT2D eigenvalue weighted by Gasteiger charge is -2.56. The summed E-state index contributed by atoms with van der Waals surface area (Å²) in [6, 6.07) is 1.02. The van der Waals surface area contributed by atoms with Crippen LogP contribution in [0.4, 0.5) is 0 Å². The molecule has 0 radical (unpaired) electrons. The number of benzene rings is 1. The molecule has 1 aromatic rings. The molecule has 2 fully saturated rings. The minimum atomic E-state index is -3.05. The van der Waals surface area contributed by atoms with E-state index in [-0.39, 0.29) is 16.7 Å². The number of likely N-dealkylation sites (N-methyl/N-ethyl adjacent to an activating group) is 1. The van der Waals surface area contributed by atoms with Gasteiger partial charge in [-0.25, -0.2) is 0 Å². The molecule has 3 aliphatic carbocycles. The van der Waals surface area contributed by atoms with Crippen molar-refractivity contribution in [3.05, 3.63) is 28.8 Å². The summed E-state index contributed by atoms with van der Waals surface area (Å²) in [5.41, 5.74) is 2.17. The second-order valence-electron chi connectivity index (χ2n) is 9.84. The molecule has 1 aromatic carbocycles. The van der Waals surface area contributed by atoms with Crippen molar-refractivity contribution >= 4 is 34.8 Å². The van der Waals surface area contributed by atoms with Gasteiger partial charge in [-0.2, -0.15) is 0 Å². The second kappa shape index (κ2) is 7.87. The number of Topliss-reactive ketones (excluding diaryl/α,β-unsaturated/α-hetero) is 5. The SMILES string of the molecule is CC(=O)c1ccc(O)c2c1[C@H](C)[C@@H]1C(C2=O)C(=O)[C@]2(O)C(=O)C(C(N)=O)C(=O)[C@@H](N(C)C)[C@@H]2[C@H]1O. The Morgan fingerprint density at radius 2 is 1.69 bits per heavy atom. The first-order valence-corrected chi connectivity index (χ1v) is 11.1. The fourth-order valence-corrected chi connectivity index (χ4v) is 6.38. The maximum absolute atomic E-state index is 13.8. The molecular formula is C24H26N2O9. The topological polar surface area (TPSA) is 192 Å². The van der Waals surface area contributed by atoms with Crippen LogP contribution in [-0.4, -0.2) is 86.9 Å². The zero-order valence-electron chi connectivity index (χ0n) is 19.5. The fourth-order valence-electron chi connectivity index (χ4n) is 6.38. The van der Waals surface area contributed by atoms with E-state index in [2.05, 4.69) is 0 Å². The molecular weight excluding hydrogens is 460 g/mol. The number of aliphatic hydroxyl groups is 2. The molecule has 0 bridgehead atoms. The molecule has 186 valence electrons. The summed E-state index contributed by atoms with van der Waals surface area (Å²) in [5.74, 6) is -14.6. The average molecular weight is 486 g/mol. The Bertz CT molecular complexity index is 1220. The summed E-state index contributed by atoms with van der Waals surface area (Å²) < 4.78 is 0. The van der Waals surface area contributed by atoms with Gasteiger partial charge in [-0.1, -0.05) is 6.92 Å². The number of nitrogens with zero attached hydrogens (tertiary/aromatic N) is 1. The third-order valence-corrected chi connectivity index (χ3v) is 7.85. The van der Waals surface area contributed by atoms with Crippen LogP contribution in [0.2, 0.25) is 0 Å². The summed E-state index contributed by atoms with van der Waals surface area (Å²) in [6.45, 7) is 2.82. The van der Waals surface area contributed by atoms with Crippen molar-refractivity contribution in [2.75, 3.05) is 14.1 Å². The van der Waals surface area contributed by atoms with Gasteiger partial charge in [0, 0.05) is 11.5 Å². The van der Waals surface area contributed by atoms with Crippen molar-refractivity contribution in [2.24, 2.45) is 29.4 Å². The number of ketones is 5. The number of primary amides is 1. The number of fused-ring (bicyclic) bond motifs is 3. The standard InChI is InChI=1S/C24H26N2O9/c1-7-11-9(8(2)27)5-6-10(28)13(11)18(29)14-12(7)19(30)16-17(26(3)4)20(31)15(23(25)34)22(33)24(16,35)21(14)32/h5-7,12,14-17,19,28,30,35H,1-4H3,(H2,25,34)/t7-,12+,14?,15?,16+,17-,19-,24-/m0/s1. The van der Waals surface area contributed by atoms with E-state index in [0.717, 1.165) is 6.07 Å². The molecule has 5 N–H and O–H groups in total. The van der Waals surface area contributed by atoms with Crippen LogP contribution in [-0.2, 0) is 19.2 Å². The van der Waals surface area contributed by atoms with E-state index < -0.39 is 87.9 Å². The Morgan fingerprint density at radius 1 is 1.09 bits per heavy atom. The van der Waals surface area contributed by atoms with Crippen molar-refractivity contribution in [1.29, 1.82) is 0 Å². The molecule has 0 aromatic heterocycles. The van der Waals surface area contributed by atoms with Gasteiger partial charge in [-0.15, -0.1) is 0 Å². The van der Waals surface area contributed by atoms with Crippen LogP contribution in [0.1, 0.15) is 46.0 Å². The van der Waals surface area contributed by atoms with E-state index in [4.69, 9.17) is 5.73 Å². The van der Waals surface area contributed by atoms with Gasteiger partial charge in [-0.05, 0) is 44.6 Å². The maximum Gasteiger partial charge on any atom is 0.235 e. The summed E-state index contributed by atoms with van der Waals surface area (Å²) in [4.78, 5) is 79.3. The number of nitrogens with two attached hydrogens (primary N) is 1. The third-order valence-electron chi connectivity index (χ3n) is 7.85. The van der Waals surface area contributed by atoms with Crippen LogP contribution < -0.4 is 5.73 Å². The van der Waals surface area contributed by atoms with E-state index in [1.54, 1.807) is 6.92 Å². The molecule has 0 spiro atoms. The summed E-state index contributed by atoms with van der Waals surface area (Å²) in [5, 5.41) is 33.5. The number of carbonyl (C=O) groups excluding carboxylic acids is 6. The number of aromatic hydroxyl groups is 1. The Kier molecular flexibility index (Phi) is 5.58. The Balaban J connectivity index is 2.00. The van der Waals surface area contributed by atoms with Gasteiger partial charge in [-0.3, -0.25) is 33.7 Å². The first-order valence-electron chi connectivity index (χ1n) is 11.1. The van der Waals surface area contributed by atoms with Gasteiger partial charge in [0.2, 0.25) is 5.91 Å². The van der Waals surface area contributed by atoms with E-state index in [0.29, 0.717) is 0 Å². The Hall–Kier alpha value is -3.28. The molecule has 2 saturated carbocycles. The average Bonchev–Trinajstić information content (AvgIpc) is 2.75. The normalized spacial score (nSPS) is 36.5. The molecule has 0 heterocycles. The zero-order valence-corrected chi connectivity index (χ0v) is 19.5. The summed E-state index contributed by atoms with van der Waals surface area (Å²) in [7, 11) is 2.83. The predicted octanol–water partition coefficient (Wildman–Crippen LogP) is -1.40. The highest BCUT2D eigenvalue weighted by molar-refractivity contribution is 6.32. The number of carbonyl (C=O) groups is 6. The maximum atomic E-state index is 13.8. The van der Waals surface area contributed by atoms with Gasteiger partial charge in [0.05, 0.1) is 29.5 Å². The van der Waals surface area contributed by atoms with Gasteiger partial charge < -0.3 is 21.1 Å². The lowest BCUT2D eigenvalue weighted by atomic mass is 9.49. The number of amides is 1. The van der Waals surface area contributed by atoms with Crippen LogP contribution >= 0.6 is 0 Å². The lowest BCUT2D eigenvalue weighted by Crippen LogP contribution is -2.77. The Labute approximate surface area is 199 Å². The molecule has 2 unspecified atom stereocenters. The lowest BCUT2D eigenvalue weighted by molar-refractivity contribution is -0.196. The molecule has 1 amide bonds. The van der Waals surface area contributed by atoms with Crippen LogP contribution in [0.5, 0.6) is 5.75 Å². The largest absolute Gasteiger partial charge is 0.507 e. The predicted molar refractivity (Wildman–Crippen MR) is 117 cm³/mol. The van der Waals surface area contributed by atoms with Crippen LogP contribution in [0, 0.1) is 23.7 Å². The first kappa shape index (κ1) is 24.8. The molecule has 4 rings (SSSR count). The summed E-state index contributed by atoms with van der Waals surface area (Å²) in [6.07, 6.45) is -1.74. The third kappa shape index (κ3) is 3.01. The monoisotopic (exact) mass is 486 g/mol. The van der Waals surface area contributed by atoms with Crippen LogP contribution in [0.25, 0.3) is 0 Å². The van der Waals surface area contributed by atoms with Gasteiger partial charge in [0.25, 0.3) is 0 Å². The minimum Gasteiger partial charge on any atom is -0.507 e. The van der Waals surface area contributed by atoms with Crippen molar-refractivity contribution < 1.29 is 44.1 Å². The van der Waals surface area contributed by atoms with E-state index in [9.17, 15) is 44.1 Å². The smallest absolute Gasteiger partial charge is 0.235 e. The van der Waals surface area contributed by atoms with E-state index in [1.165, 1.54) is 32.0 Å². The van der Waals surface area contributed by atoms with Gasteiger partial charge >= 0.3 is 0 Å². The molecule has 11 nitrogen and oxygen atoms in total. The zero-order chi connectivity index (χ0) is 26.3. The highest BCUT2D eigenvalue weighted by atomic mass is 16.3. The molecule has 35 heavy (non-hydrogen) atoms. The highest BCUT2D eigenvalue weighted by Gasteiger charge is 2.73. The number of rotatable bonds is 3. The molecule has 11 heteroatoms. The number of hydrogen-bond acceptors (Lipinski definition) is 10. The van der Waals surface area contributed by atoms with E-state index >= 15 is 0 Å². The van der Waals surface area contributed by atoms with Crippen LogP contribution in [0.15, 0.2) is 12.1 Å². The van der Waals surface area contributed by atoms with Gasteiger partial charge in [0.15, 0.2) is 40.4 Å². The molecule has 0 aliphatic heterocycles. The molecule has 3 aliphatic rings. The number of hydrogen-bond donors (Lipinski definition) is 4. The highest BCUT2D eigenvalue weighted by Crippen LogP contribution is 2.54. The fraction of sp³-hybridized carbons (Fsp3) is 0.500. The van der Waals surface area contributed by atoms with Crippen LogP contribution in [0.3, 0.4) is 0 Å². The van der Waals surface area contributed by atoms with Gasteiger partial charge in [0.1, 0.15) is 5.75 Å². The van der Waals surface area contributed by atoms with Crippen molar-refractivity contribution in [2.45, 2.75) is 37.5 Å². The van der Waals surface area contributed by atoms with Crippen molar-refractivity contribution in [3.63, 3.8) is 0 Å². The quantitative estimate of drug-likeness (QED) is 0.292. The number of phenolic OH excluding ortho intramolecular Hbond substituents is 1.